The molecule has 0 spiro atoms. The van der Waals surface area contributed by atoms with Gasteiger partial charge in [0.2, 0.25) is 0 Å². The van der Waals surface area contributed by atoms with Crippen molar-refractivity contribution in [1.29, 1.82) is 0 Å². The first-order valence-corrected chi connectivity index (χ1v) is 25.1. The quantitative estimate of drug-likeness (QED) is 0.0371. The molecular formula is C50H98NO7+. The fraction of sp³-hybridized carbons (Fsp3) is 0.940. The van der Waals surface area contributed by atoms with Crippen molar-refractivity contribution < 1.29 is 38.2 Å². The number of quaternary nitrogens is 1. The van der Waals surface area contributed by atoms with Gasteiger partial charge in [-0.2, -0.15) is 0 Å². The van der Waals surface area contributed by atoms with Crippen LogP contribution in [-0.4, -0.2) is 80.6 Å². The predicted molar refractivity (Wildman–Crippen MR) is 243 cm³/mol. The zero-order valence-electron chi connectivity index (χ0n) is 39.3. The highest BCUT2D eigenvalue weighted by Crippen LogP contribution is 2.17. The second-order valence-corrected chi connectivity index (χ2v) is 18.4. The van der Waals surface area contributed by atoms with Gasteiger partial charge in [-0.1, -0.05) is 219 Å². The van der Waals surface area contributed by atoms with E-state index in [0.717, 1.165) is 38.5 Å². The minimum atomic E-state index is -0.869. The minimum absolute atomic E-state index is 0.0414. The number of likely N-dealkylation sites (N-methyl/N-ethyl adjacent to an activating group) is 1. The molecule has 2 atom stereocenters. The number of carbonyl (C=O) groups is 3. The molecule has 0 saturated carbocycles. The van der Waals surface area contributed by atoms with Crippen LogP contribution in [0.2, 0.25) is 0 Å². The number of carboxylic acids is 1. The molecule has 0 aromatic rings. The number of carboxylic acid groups (broad SMARTS) is 1. The van der Waals surface area contributed by atoms with E-state index in [1.54, 1.807) is 0 Å². The second-order valence-electron chi connectivity index (χ2n) is 18.4. The van der Waals surface area contributed by atoms with Gasteiger partial charge in [0, 0.05) is 19.3 Å². The van der Waals surface area contributed by atoms with E-state index in [4.69, 9.17) is 14.2 Å². The molecule has 0 rings (SSSR count). The monoisotopic (exact) mass is 825 g/mol. The van der Waals surface area contributed by atoms with Crippen molar-refractivity contribution in [2.45, 2.75) is 264 Å². The number of aliphatic carboxylic acids is 1. The van der Waals surface area contributed by atoms with E-state index in [1.807, 2.05) is 21.1 Å². The van der Waals surface area contributed by atoms with Crippen molar-refractivity contribution in [3.05, 3.63) is 0 Å². The number of ether oxygens (including phenoxy) is 3. The molecule has 0 saturated heterocycles. The van der Waals surface area contributed by atoms with Crippen molar-refractivity contribution in [3.63, 3.8) is 0 Å². The summed E-state index contributed by atoms with van der Waals surface area (Å²) in [5.74, 6) is -1.44. The average molecular weight is 825 g/mol. The van der Waals surface area contributed by atoms with Crippen LogP contribution in [0.25, 0.3) is 0 Å². The van der Waals surface area contributed by atoms with Gasteiger partial charge in [0.15, 0.2) is 12.1 Å². The van der Waals surface area contributed by atoms with Crippen molar-refractivity contribution in [3.8, 4) is 0 Å². The first-order valence-electron chi connectivity index (χ1n) is 25.1. The molecule has 0 amide bonds. The van der Waals surface area contributed by atoms with Gasteiger partial charge >= 0.3 is 17.9 Å². The van der Waals surface area contributed by atoms with Crippen molar-refractivity contribution >= 4 is 17.9 Å². The second kappa shape index (κ2) is 42.0. The Morgan fingerprint density at radius 1 is 0.448 bits per heavy atom. The topological polar surface area (TPSA) is 99.1 Å². The Bertz CT molecular complexity index is 920. The van der Waals surface area contributed by atoms with Crippen LogP contribution in [0.3, 0.4) is 0 Å². The molecule has 0 fully saturated rings. The fourth-order valence-corrected chi connectivity index (χ4v) is 7.86. The van der Waals surface area contributed by atoms with Gasteiger partial charge < -0.3 is 23.8 Å². The van der Waals surface area contributed by atoms with Gasteiger partial charge in [0.05, 0.1) is 34.4 Å². The first kappa shape index (κ1) is 56.3. The SMILES string of the molecule is CCCCCCCCCCCCCCCCCCCCC(=O)OC(COCCC(C(=O)O)[N+](C)(C)C)COC(=O)CCCCCCCCCCCCCCCCCC. The van der Waals surface area contributed by atoms with E-state index in [-0.39, 0.29) is 36.2 Å². The van der Waals surface area contributed by atoms with Crippen molar-refractivity contribution in [2.75, 3.05) is 41.0 Å². The highest BCUT2D eigenvalue weighted by Gasteiger charge is 2.31. The molecule has 8 heteroatoms. The van der Waals surface area contributed by atoms with Crippen LogP contribution in [-0.2, 0) is 28.6 Å². The first-order chi connectivity index (χ1) is 28.1. The van der Waals surface area contributed by atoms with E-state index in [2.05, 4.69) is 13.8 Å². The van der Waals surface area contributed by atoms with E-state index >= 15 is 0 Å². The Morgan fingerprint density at radius 2 is 0.759 bits per heavy atom. The van der Waals surface area contributed by atoms with Gasteiger partial charge in [-0.25, -0.2) is 4.79 Å². The van der Waals surface area contributed by atoms with Gasteiger partial charge in [-0.3, -0.25) is 9.59 Å². The molecular weight excluding hydrogens is 727 g/mol. The third-order valence-electron chi connectivity index (χ3n) is 11.8. The lowest BCUT2D eigenvalue weighted by molar-refractivity contribution is -0.887. The Kier molecular flexibility index (Phi) is 40.8. The minimum Gasteiger partial charge on any atom is -0.477 e. The summed E-state index contributed by atoms with van der Waals surface area (Å²) < 4.78 is 17.4. The van der Waals surface area contributed by atoms with E-state index in [9.17, 15) is 19.5 Å². The van der Waals surface area contributed by atoms with Crippen LogP contribution < -0.4 is 0 Å². The molecule has 0 heterocycles. The Hall–Kier alpha value is -1.67. The summed E-state index contributed by atoms with van der Waals surface area (Å²) >= 11 is 0. The van der Waals surface area contributed by atoms with Gasteiger partial charge in [-0.15, -0.1) is 0 Å². The lowest BCUT2D eigenvalue weighted by atomic mass is 10.0. The predicted octanol–water partition coefficient (Wildman–Crippen LogP) is 14.1. The number of unbranched alkanes of at least 4 members (excludes halogenated alkanes) is 32. The van der Waals surface area contributed by atoms with E-state index < -0.39 is 18.1 Å². The zero-order chi connectivity index (χ0) is 42.8. The summed E-state index contributed by atoms with van der Waals surface area (Å²) in [5.41, 5.74) is 0. The third kappa shape index (κ3) is 39.8. The molecule has 0 aliphatic rings. The van der Waals surface area contributed by atoms with E-state index in [1.165, 1.54) is 180 Å². The molecule has 0 bridgehead atoms. The number of rotatable bonds is 46. The molecule has 344 valence electrons. The van der Waals surface area contributed by atoms with Crippen LogP contribution in [0, 0.1) is 0 Å². The summed E-state index contributed by atoms with van der Waals surface area (Å²) in [6.07, 6.45) is 44.3. The molecule has 0 aromatic carbocycles. The Balaban J connectivity index is 4.21. The molecule has 0 aromatic heterocycles. The van der Waals surface area contributed by atoms with E-state index in [0.29, 0.717) is 19.3 Å². The molecule has 1 N–H and O–H groups in total. The Morgan fingerprint density at radius 3 is 1.07 bits per heavy atom. The summed E-state index contributed by atoms with van der Waals surface area (Å²) in [6.45, 7) is 4.79. The molecule has 0 radical (unpaired) electrons. The highest BCUT2D eigenvalue weighted by molar-refractivity contribution is 5.72. The van der Waals surface area contributed by atoms with Crippen molar-refractivity contribution in [1.82, 2.24) is 0 Å². The van der Waals surface area contributed by atoms with Crippen LogP contribution in [0.5, 0.6) is 0 Å². The van der Waals surface area contributed by atoms with Gasteiger partial charge in [-0.05, 0) is 12.8 Å². The highest BCUT2D eigenvalue weighted by atomic mass is 16.6. The number of hydrogen-bond donors (Lipinski definition) is 1. The van der Waals surface area contributed by atoms with Crippen LogP contribution >= 0.6 is 0 Å². The maximum Gasteiger partial charge on any atom is 0.362 e. The third-order valence-corrected chi connectivity index (χ3v) is 11.8. The van der Waals surface area contributed by atoms with Crippen LogP contribution in [0.4, 0.5) is 0 Å². The summed E-state index contributed by atoms with van der Waals surface area (Å²) in [6, 6.07) is -0.608. The molecule has 8 nitrogen and oxygen atoms in total. The zero-order valence-corrected chi connectivity index (χ0v) is 39.3. The summed E-state index contributed by atoms with van der Waals surface area (Å²) in [4.78, 5) is 37.1. The number of carbonyl (C=O) groups excluding carboxylic acids is 2. The standard InChI is InChI=1S/C50H97NO7/c1-6-8-10-12-14-16-18-20-22-24-25-27-29-31-33-35-37-39-41-49(53)58-46(44-56-43-42-47(50(54)55)51(3,4)5)45-57-48(52)40-38-36-34-32-30-28-26-23-21-19-17-15-13-11-9-7-2/h46-47H,6-45H2,1-5H3/p+1. The number of nitrogens with zero attached hydrogens (tertiary/aromatic N) is 1. The lowest BCUT2D eigenvalue weighted by Gasteiger charge is -2.31. The fourth-order valence-electron chi connectivity index (χ4n) is 7.86. The Labute approximate surface area is 359 Å². The molecule has 0 aliphatic carbocycles. The van der Waals surface area contributed by atoms with Gasteiger partial charge in [0.25, 0.3) is 0 Å². The largest absolute Gasteiger partial charge is 0.477 e. The normalized spacial score (nSPS) is 12.8. The summed E-state index contributed by atoms with van der Waals surface area (Å²) in [7, 11) is 5.55. The van der Waals surface area contributed by atoms with Crippen molar-refractivity contribution in [2.24, 2.45) is 0 Å². The molecule has 2 unspecified atom stereocenters. The maximum absolute atomic E-state index is 12.8. The van der Waals surface area contributed by atoms with Crippen LogP contribution in [0.15, 0.2) is 0 Å². The van der Waals surface area contributed by atoms with Crippen LogP contribution in [0.1, 0.15) is 251 Å². The summed E-state index contributed by atoms with van der Waals surface area (Å²) in [5, 5.41) is 9.64. The average Bonchev–Trinajstić information content (AvgIpc) is 3.18. The number of hydrogen-bond acceptors (Lipinski definition) is 6. The maximum atomic E-state index is 12.8. The lowest BCUT2D eigenvalue weighted by Crippen LogP contribution is -2.50. The smallest absolute Gasteiger partial charge is 0.362 e. The number of esters is 2. The van der Waals surface area contributed by atoms with Gasteiger partial charge in [0.1, 0.15) is 6.61 Å². The molecule has 58 heavy (non-hydrogen) atoms. The molecule has 0 aliphatic heterocycles.